The Morgan fingerprint density at radius 1 is 0.351 bits per heavy atom. The average Bonchev–Trinajstić information content (AvgIpc) is 3.96. The molecule has 0 aliphatic rings. The van der Waals surface area contributed by atoms with E-state index in [1.165, 1.54) is 79.0 Å². The van der Waals surface area contributed by atoms with Gasteiger partial charge in [-0.05, 0) is 47.5 Å². The molecule has 0 saturated heterocycles. The fourth-order valence-corrected chi connectivity index (χ4v) is 10.9. The Labute approximate surface area is 335 Å². The topological polar surface area (TPSA) is 43.6 Å². The van der Waals surface area contributed by atoms with Gasteiger partial charge < -0.3 is 4.57 Å². The molecule has 0 amide bonds. The SMILES string of the molecule is c1ccc(-c2nc(-c3ccccc3)nc(-c3cccc4sc5c(-c6ccc7c(c6)sc6cc(-n8c9ccccc9c9ccccc98)ccc67)cccc5c34)n2)cc1. The smallest absolute Gasteiger partial charge is 0.164 e. The second-order valence-electron chi connectivity index (χ2n) is 14.4. The molecule has 12 rings (SSSR count). The Hall–Kier alpha value is -6.99. The summed E-state index contributed by atoms with van der Waals surface area (Å²) in [6.07, 6.45) is 0. The van der Waals surface area contributed by atoms with Crippen molar-refractivity contribution in [3.63, 3.8) is 0 Å². The first-order chi connectivity index (χ1) is 28.2. The highest BCUT2D eigenvalue weighted by Gasteiger charge is 2.19. The zero-order chi connectivity index (χ0) is 37.5. The van der Waals surface area contributed by atoms with Gasteiger partial charge in [0.15, 0.2) is 17.5 Å². The van der Waals surface area contributed by atoms with Gasteiger partial charge in [0.1, 0.15) is 0 Å². The Morgan fingerprint density at radius 2 is 0.912 bits per heavy atom. The van der Waals surface area contributed by atoms with Crippen LogP contribution in [0, 0.1) is 0 Å². The summed E-state index contributed by atoms with van der Waals surface area (Å²) in [7, 11) is 0. The predicted molar refractivity (Wildman–Crippen MR) is 242 cm³/mol. The van der Waals surface area contributed by atoms with Crippen LogP contribution in [0.25, 0.3) is 113 Å². The first-order valence-corrected chi connectivity index (χ1v) is 20.7. The number of para-hydroxylation sites is 2. The van der Waals surface area contributed by atoms with Crippen LogP contribution in [0.15, 0.2) is 182 Å². The standard InChI is InChI=1S/C51H30N4S2/c1-3-13-31(14-4-1)49-52-50(32-15-5-2-6-16-32)54-51(53-49)41-21-12-24-44-47(41)40-20-11-19-35(48(40)57-44)33-25-27-38-39-28-26-34(30-46(39)56-45(38)29-33)55-42-22-9-7-17-36(42)37-18-8-10-23-43(37)55/h1-30H. The Balaban J connectivity index is 0.994. The van der Waals surface area contributed by atoms with E-state index in [1.807, 2.05) is 59.1 Å². The van der Waals surface area contributed by atoms with E-state index in [0.717, 1.165) is 16.7 Å². The Bertz CT molecular complexity index is 3410. The van der Waals surface area contributed by atoms with Crippen LogP contribution in [0.5, 0.6) is 0 Å². The third-order valence-electron chi connectivity index (χ3n) is 11.1. The number of nitrogens with zero attached hydrogens (tertiary/aromatic N) is 4. The van der Waals surface area contributed by atoms with Crippen LogP contribution in [0.3, 0.4) is 0 Å². The van der Waals surface area contributed by atoms with Crippen molar-refractivity contribution < 1.29 is 0 Å². The van der Waals surface area contributed by atoms with Crippen LogP contribution in [-0.2, 0) is 0 Å². The fraction of sp³-hybridized carbons (Fsp3) is 0. The lowest BCUT2D eigenvalue weighted by atomic mass is 9.99. The zero-order valence-electron chi connectivity index (χ0n) is 30.4. The Kier molecular flexibility index (Phi) is 7.24. The molecule has 8 aromatic carbocycles. The van der Waals surface area contributed by atoms with Gasteiger partial charge in [0.2, 0.25) is 0 Å². The van der Waals surface area contributed by atoms with Crippen molar-refractivity contribution >= 4 is 84.8 Å². The summed E-state index contributed by atoms with van der Waals surface area (Å²) in [5, 5.41) is 7.51. The Morgan fingerprint density at radius 3 is 1.61 bits per heavy atom. The van der Waals surface area contributed by atoms with Gasteiger partial charge in [-0.15, -0.1) is 22.7 Å². The minimum absolute atomic E-state index is 0.663. The minimum atomic E-state index is 0.663. The van der Waals surface area contributed by atoms with Gasteiger partial charge in [-0.3, -0.25) is 0 Å². The normalized spacial score (nSPS) is 11.9. The molecule has 12 aromatic rings. The molecule has 0 unspecified atom stereocenters. The molecule has 0 N–H and O–H groups in total. The molecule has 0 bridgehead atoms. The monoisotopic (exact) mass is 762 g/mol. The maximum absolute atomic E-state index is 5.11. The summed E-state index contributed by atoms with van der Waals surface area (Å²) in [6, 6.07) is 64.9. The highest BCUT2D eigenvalue weighted by molar-refractivity contribution is 7.26. The summed E-state index contributed by atoms with van der Waals surface area (Å²) < 4.78 is 7.44. The van der Waals surface area contributed by atoms with Crippen molar-refractivity contribution in [2.45, 2.75) is 0 Å². The molecule has 0 radical (unpaired) electrons. The average molecular weight is 763 g/mol. The van der Waals surface area contributed by atoms with Crippen molar-refractivity contribution in [2.75, 3.05) is 0 Å². The molecule has 0 atom stereocenters. The molecule has 266 valence electrons. The molecule has 4 heterocycles. The van der Waals surface area contributed by atoms with Gasteiger partial charge in [0.05, 0.1) is 11.0 Å². The van der Waals surface area contributed by atoms with E-state index >= 15 is 0 Å². The van der Waals surface area contributed by atoms with Crippen LogP contribution < -0.4 is 0 Å². The lowest BCUT2D eigenvalue weighted by Gasteiger charge is -2.09. The number of aromatic nitrogens is 4. The number of fused-ring (bicyclic) bond motifs is 9. The minimum Gasteiger partial charge on any atom is -0.309 e. The van der Waals surface area contributed by atoms with Crippen LogP contribution in [0.2, 0.25) is 0 Å². The number of benzene rings is 8. The zero-order valence-corrected chi connectivity index (χ0v) is 32.1. The van der Waals surface area contributed by atoms with E-state index in [4.69, 9.17) is 15.0 Å². The van der Waals surface area contributed by atoms with Crippen LogP contribution in [-0.4, -0.2) is 19.5 Å². The first-order valence-electron chi connectivity index (χ1n) is 19.0. The molecule has 4 aromatic heterocycles. The van der Waals surface area contributed by atoms with Crippen molar-refractivity contribution in [1.82, 2.24) is 19.5 Å². The summed E-state index contributed by atoms with van der Waals surface area (Å²) >= 11 is 3.70. The quantitative estimate of drug-likeness (QED) is 0.175. The van der Waals surface area contributed by atoms with E-state index in [1.54, 1.807) is 0 Å². The lowest BCUT2D eigenvalue weighted by Crippen LogP contribution is -2.00. The first kappa shape index (κ1) is 32.3. The van der Waals surface area contributed by atoms with Crippen LogP contribution in [0.4, 0.5) is 0 Å². The molecule has 0 aliphatic carbocycles. The second-order valence-corrected chi connectivity index (χ2v) is 16.5. The van der Waals surface area contributed by atoms with Gasteiger partial charge in [0.25, 0.3) is 0 Å². The molecule has 0 spiro atoms. The molecule has 57 heavy (non-hydrogen) atoms. The summed E-state index contributed by atoms with van der Waals surface area (Å²) in [5.74, 6) is 2.00. The largest absolute Gasteiger partial charge is 0.309 e. The van der Waals surface area contributed by atoms with E-state index in [0.29, 0.717) is 17.5 Å². The van der Waals surface area contributed by atoms with E-state index in [9.17, 15) is 0 Å². The van der Waals surface area contributed by atoms with Gasteiger partial charge >= 0.3 is 0 Å². The molecule has 4 nitrogen and oxygen atoms in total. The van der Waals surface area contributed by atoms with Crippen molar-refractivity contribution in [2.24, 2.45) is 0 Å². The van der Waals surface area contributed by atoms with E-state index in [2.05, 4.69) is 150 Å². The maximum Gasteiger partial charge on any atom is 0.164 e. The maximum atomic E-state index is 5.11. The van der Waals surface area contributed by atoms with Crippen molar-refractivity contribution in [3.05, 3.63) is 182 Å². The summed E-state index contributed by atoms with van der Waals surface area (Å²) in [6.45, 7) is 0. The lowest BCUT2D eigenvalue weighted by molar-refractivity contribution is 1.08. The fourth-order valence-electron chi connectivity index (χ4n) is 8.46. The summed E-state index contributed by atoms with van der Waals surface area (Å²) in [5.41, 5.74) is 9.01. The third-order valence-corrected chi connectivity index (χ3v) is 13.4. The number of thiophene rings is 2. The van der Waals surface area contributed by atoms with E-state index in [-0.39, 0.29) is 0 Å². The number of hydrogen-bond acceptors (Lipinski definition) is 5. The number of hydrogen-bond donors (Lipinski definition) is 0. The summed E-state index contributed by atoms with van der Waals surface area (Å²) in [4.78, 5) is 15.2. The third kappa shape index (κ3) is 5.15. The predicted octanol–water partition coefficient (Wildman–Crippen LogP) is 14.4. The highest BCUT2D eigenvalue weighted by Crippen LogP contribution is 2.45. The molecule has 0 saturated carbocycles. The molecule has 6 heteroatoms. The molecular formula is C51H30N4S2. The number of rotatable bonds is 5. The van der Waals surface area contributed by atoms with E-state index < -0.39 is 0 Å². The van der Waals surface area contributed by atoms with Crippen molar-refractivity contribution in [3.8, 4) is 51.0 Å². The second kappa shape index (κ2) is 12.8. The van der Waals surface area contributed by atoms with Gasteiger partial charge in [-0.1, -0.05) is 146 Å². The van der Waals surface area contributed by atoms with Crippen molar-refractivity contribution in [1.29, 1.82) is 0 Å². The van der Waals surface area contributed by atoms with Crippen LogP contribution in [0.1, 0.15) is 0 Å². The molecule has 0 aliphatic heterocycles. The van der Waals surface area contributed by atoms with Gasteiger partial charge in [0, 0.05) is 73.5 Å². The molecular weight excluding hydrogens is 733 g/mol. The molecule has 0 fully saturated rings. The highest BCUT2D eigenvalue weighted by atomic mass is 32.1. The van der Waals surface area contributed by atoms with Gasteiger partial charge in [-0.25, -0.2) is 15.0 Å². The van der Waals surface area contributed by atoms with Crippen LogP contribution >= 0.6 is 22.7 Å². The van der Waals surface area contributed by atoms with Gasteiger partial charge in [-0.2, -0.15) is 0 Å².